The molecule has 0 amide bonds. The first-order valence-electron chi connectivity index (χ1n) is 3.11. The van der Waals surface area contributed by atoms with E-state index in [4.69, 9.17) is 15.1 Å². The molecule has 3 nitrogen and oxygen atoms in total. The van der Waals surface area contributed by atoms with Crippen LogP contribution in [0.5, 0.6) is 0 Å². The van der Waals surface area contributed by atoms with E-state index >= 15 is 0 Å². The second kappa shape index (κ2) is 2.87. The van der Waals surface area contributed by atoms with Crippen molar-refractivity contribution < 1.29 is 15.1 Å². The number of hydrogen-bond acceptors (Lipinski definition) is 4. The zero-order valence-electron chi connectivity index (χ0n) is 5.68. The highest BCUT2D eigenvalue weighted by Crippen LogP contribution is 2.02. The predicted octanol–water partition coefficient (Wildman–Crippen LogP) is -0.902. The lowest BCUT2D eigenvalue weighted by molar-refractivity contribution is 0.249. The zero-order valence-corrected chi connectivity index (χ0v) is 6.57. The van der Waals surface area contributed by atoms with Gasteiger partial charge in [-0.25, -0.2) is 0 Å². The Hall–Kier alpha value is -0.485. The summed E-state index contributed by atoms with van der Waals surface area (Å²) in [6.07, 6.45) is 0. The number of rotatable bonds is 1. The molecule has 1 aromatic rings. The summed E-state index contributed by atoms with van der Waals surface area (Å²) in [5.74, 6) is 0. The summed E-state index contributed by atoms with van der Waals surface area (Å²) in [7, 11) is 0. The topological polar surface area (TPSA) is 60.7 Å². The standard InChI is InChI=1S/C6H8BO3S/c8-7(9,10)5-1-3-6(11)4-2-5/h1-4,8-11H/q-1. The van der Waals surface area contributed by atoms with Crippen LogP contribution in [-0.4, -0.2) is 21.8 Å². The van der Waals surface area contributed by atoms with Crippen LogP contribution in [0.15, 0.2) is 29.2 Å². The summed E-state index contributed by atoms with van der Waals surface area (Å²) in [6, 6.07) is 5.94. The second-order valence-corrected chi connectivity index (χ2v) is 2.84. The van der Waals surface area contributed by atoms with Crippen molar-refractivity contribution in [3.63, 3.8) is 0 Å². The quantitative estimate of drug-likeness (QED) is 0.327. The van der Waals surface area contributed by atoms with Gasteiger partial charge >= 0.3 is 6.75 Å². The van der Waals surface area contributed by atoms with E-state index in [1.165, 1.54) is 12.1 Å². The molecule has 11 heavy (non-hydrogen) atoms. The normalized spacial score (nSPS) is 11.6. The molecule has 0 atom stereocenters. The van der Waals surface area contributed by atoms with Gasteiger partial charge in [-0.1, -0.05) is 24.3 Å². The minimum Gasteiger partial charge on any atom is -0.556 e. The van der Waals surface area contributed by atoms with Gasteiger partial charge in [0.15, 0.2) is 0 Å². The average Bonchev–Trinajstić information content (AvgIpc) is 1.86. The third-order valence-electron chi connectivity index (χ3n) is 1.34. The lowest BCUT2D eigenvalue weighted by atomic mass is 9.71. The van der Waals surface area contributed by atoms with E-state index in [0.29, 0.717) is 4.90 Å². The summed E-state index contributed by atoms with van der Waals surface area (Å²) < 4.78 is 0. The molecule has 0 saturated carbocycles. The molecule has 0 fully saturated rings. The number of benzene rings is 1. The van der Waals surface area contributed by atoms with Gasteiger partial charge in [0.1, 0.15) is 0 Å². The van der Waals surface area contributed by atoms with E-state index in [9.17, 15) is 0 Å². The fraction of sp³-hybridized carbons (Fsp3) is 0. The van der Waals surface area contributed by atoms with Crippen molar-refractivity contribution >= 4 is 24.8 Å². The molecule has 0 aliphatic heterocycles. The molecule has 0 aliphatic rings. The first-order chi connectivity index (χ1) is 5.00. The van der Waals surface area contributed by atoms with Gasteiger partial charge in [-0.3, -0.25) is 0 Å². The van der Waals surface area contributed by atoms with Gasteiger partial charge in [0.25, 0.3) is 0 Å². The van der Waals surface area contributed by atoms with Crippen molar-refractivity contribution in [1.82, 2.24) is 0 Å². The molecule has 0 bridgehead atoms. The summed E-state index contributed by atoms with van der Waals surface area (Å²) in [6.45, 7) is -3.35. The van der Waals surface area contributed by atoms with E-state index in [-0.39, 0.29) is 5.46 Å². The highest BCUT2D eigenvalue weighted by molar-refractivity contribution is 7.80. The molecule has 1 rings (SSSR count). The smallest absolute Gasteiger partial charge is 0.402 e. The van der Waals surface area contributed by atoms with Crippen LogP contribution in [0.3, 0.4) is 0 Å². The molecule has 0 aliphatic carbocycles. The Morgan fingerprint density at radius 2 is 1.45 bits per heavy atom. The van der Waals surface area contributed by atoms with Crippen LogP contribution in [0.1, 0.15) is 0 Å². The van der Waals surface area contributed by atoms with E-state index in [1.54, 1.807) is 12.1 Å². The third-order valence-corrected chi connectivity index (χ3v) is 1.64. The van der Waals surface area contributed by atoms with Crippen LogP contribution < -0.4 is 5.46 Å². The molecule has 3 N–H and O–H groups in total. The Morgan fingerprint density at radius 1 is 1.00 bits per heavy atom. The van der Waals surface area contributed by atoms with Crippen LogP contribution in [0.4, 0.5) is 0 Å². The van der Waals surface area contributed by atoms with Gasteiger partial charge in [-0.05, 0) is 0 Å². The lowest BCUT2D eigenvalue weighted by Crippen LogP contribution is -2.48. The number of thiol groups is 1. The van der Waals surface area contributed by atoms with Crippen molar-refractivity contribution in [2.45, 2.75) is 4.90 Å². The van der Waals surface area contributed by atoms with Gasteiger partial charge in [-0.15, -0.1) is 18.1 Å². The van der Waals surface area contributed by atoms with Crippen molar-refractivity contribution in [3.8, 4) is 0 Å². The second-order valence-electron chi connectivity index (χ2n) is 2.33. The molecule has 0 aromatic heterocycles. The van der Waals surface area contributed by atoms with E-state index in [2.05, 4.69) is 12.6 Å². The summed E-state index contributed by atoms with van der Waals surface area (Å²) in [5, 5.41) is 26.2. The highest BCUT2D eigenvalue weighted by atomic mass is 32.1. The summed E-state index contributed by atoms with van der Waals surface area (Å²) in [4.78, 5) is 0.703. The first kappa shape index (κ1) is 8.61. The molecule has 1 aromatic carbocycles. The fourth-order valence-electron chi connectivity index (χ4n) is 0.733. The van der Waals surface area contributed by atoms with Gasteiger partial charge in [-0.2, -0.15) is 0 Å². The minimum absolute atomic E-state index is 0.0859. The van der Waals surface area contributed by atoms with Crippen LogP contribution in [-0.2, 0) is 0 Å². The van der Waals surface area contributed by atoms with Gasteiger partial charge in [0.2, 0.25) is 0 Å². The average molecular weight is 171 g/mol. The molecular weight excluding hydrogens is 163 g/mol. The Morgan fingerprint density at radius 3 is 1.82 bits per heavy atom. The molecule has 0 heterocycles. The molecule has 0 radical (unpaired) electrons. The number of hydrogen-bond donors (Lipinski definition) is 4. The largest absolute Gasteiger partial charge is 0.556 e. The Labute approximate surface area is 69.7 Å². The molecule has 0 unspecified atom stereocenters. The first-order valence-corrected chi connectivity index (χ1v) is 3.56. The van der Waals surface area contributed by atoms with Crippen LogP contribution in [0.25, 0.3) is 0 Å². The van der Waals surface area contributed by atoms with Crippen LogP contribution in [0.2, 0.25) is 0 Å². The molecule has 0 saturated heterocycles. The Kier molecular flexibility index (Phi) is 2.24. The van der Waals surface area contributed by atoms with Gasteiger partial charge < -0.3 is 15.1 Å². The Bertz CT molecular complexity index is 241. The molecule has 0 spiro atoms. The highest BCUT2D eigenvalue weighted by Gasteiger charge is 2.16. The van der Waals surface area contributed by atoms with E-state index < -0.39 is 6.75 Å². The molecule has 5 heteroatoms. The molecular formula is C6H8BO3S-. The third kappa shape index (κ3) is 2.23. The maximum absolute atomic E-state index is 8.73. The Balaban J connectivity index is 2.99. The SMILES string of the molecule is O[B-](O)(O)c1ccc(S)cc1. The lowest BCUT2D eigenvalue weighted by Gasteiger charge is -2.20. The van der Waals surface area contributed by atoms with Crippen molar-refractivity contribution in [3.05, 3.63) is 24.3 Å². The van der Waals surface area contributed by atoms with E-state index in [0.717, 1.165) is 0 Å². The summed E-state index contributed by atoms with van der Waals surface area (Å²) >= 11 is 3.99. The van der Waals surface area contributed by atoms with Crippen molar-refractivity contribution in [1.29, 1.82) is 0 Å². The van der Waals surface area contributed by atoms with Crippen molar-refractivity contribution in [2.75, 3.05) is 0 Å². The van der Waals surface area contributed by atoms with Crippen molar-refractivity contribution in [2.24, 2.45) is 0 Å². The monoisotopic (exact) mass is 171 g/mol. The predicted molar refractivity (Wildman–Crippen MR) is 45.7 cm³/mol. The van der Waals surface area contributed by atoms with Crippen LogP contribution in [0, 0.1) is 0 Å². The maximum Gasteiger partial charge on any atom is 0.402 e. The molecule has 60 valence electrons. The zero-order chi connectivity index (χ0) is 8.48. The minimum atomic E-state index is -3.35. The van der Waals surface area contributed by atoms with E-state index in [1.807, 2.05) is 0 Å². The maximum atomic E-state index is 8.73. The van der Waals surface area contributed by atoms with Crippen LogP contribution >= 0.6 is 12.6 Å². The fourth-order valence-corrected chi connectivity index (χ4v) is 0.882. The van der Waals surface area contributed by atoms with Gasteiger partial charge in [0.05, 0.1) is 0 Å². The van der Waals surface area contributed by atoms with Gasteiger partial charge in [0, 0.05) is 4.90 Å². The summed E-state index contributed by atoms with van der Waals surface area (Å²) in [5.41, 5.74) is 0.0859.